The van der Waals surface area contributed by atoms with Gasteiger partial charge in [-0.1, -0.05) is 6.07 Å². The zero-order valence-electron chi connectivity index (χ0n) is 10.5. The van der Waals surface area contributed by atoms with Crippen LogP contribution >= 0.6 is 43.2 Å². The average Bonchev–Trinajstić information content (AvgIpc) is 2.93. The quantitative estimate of drug-likeness (QED) is 0.608. The van der Waals surface area contributed by atoms with Gasteiger partial charge in [-0.05, 0) is 62.7 Å². The van der Waals surface area contributed by atoms with Gasteiger partial charge in [0.2, 0.25) is 0 Å². The summed E-state index contributed by atoms with van der Waals surface area (Å²) in [5.41, 5.74) is 2.57. The minimum Gasteiger partial charge on any atom is -0.309 e. The first kappa shape index (κ1) is 14.1. The second-order valence-corrected chi connectivity index (χ2v) is 7.63. The third kappa shape index (κ3) is 2.50. The third-order valence-corrected chi connectivity index (χ3v) is 6.43. The molecule has 0 aliphatic heterocycles. The van der Waals surface area contributed by atoms with Crippen LogP contribution in [0.15, 0.2) is 37.3 Å². The smallest absolute Gasteiger partial charge is 0.309 e. The van der Waals surface area contributed by atoms with Gasteiger partial charge in [0, 0.05) is 9.35 Å². The molecule has 1 unspecified atom stereocenters. The Balaban J connectivity index is 2.08. The minimum absolute atomic E-state index is 0.0883. The van der Waals surface area contributed by atoms with Crippen LogP contribution in [0.25, 0.3) is 11.0 Å². The van der Waals surface area contributed by atoms with Crippen molar-refractivity contribution in [3.05, 3.63) is 53.4 Å². The molecule has 4 nitrogen and oxygen atoms in total. The maximum atomic E-state index is 11.3. The van der Waals surface area contributed by atoms with Crippen LogP contribution in [0.5, 0.6) is 0 Å². The van der Waals surface area contributed by atoms with Crippen molar-refractivity contribution >= 4 is 54.2 Å². The second-order valence-electron chi connectivity index (χ2n) is 4.38. The highest BCUT2D eigenvalue weighted by Gasteiger charge is 2.17. The summed E-state index contributed by atoms with van der Waals surface area (Å²) in [6.45, 7) is 0. The van der Waals surface area contributed by atoms with Gasteiger partial charge in [-0.15, -0.1) is 11.3 Å². The molecule has 0 saturated heterocycles. The average molecular weight is 417 g/mol. The highest BCUT2D eigenvalue weighted by atomic mass is 79.9. The molecule has 3 rings (SSSR count). The van der Waals surface area contributed by atoms with E-state index in [2.05, 4.69) is 53.2 Å². The van der Waals surface area contributed by atoms with E-state index in [0.29, 0.717) is 0 Å². The Bertz CT molecular complexity index is 801. The first-order chi connectivity index (χ1) is 9.58. The van der Waals surface area contributed by atoms with E-state index in [-0.39, 0.29) is 11.7 Å². The zero-order valence-corrected chi connectivity index (χ0v) is 14.4. The Labute approximate surface area is 135 Å². The van der Waals surface area contributed by atoms with Crippen molar-refractivity contribution in [3.63, 3.8) is 0 Å². The summed E-state index contributed by atoms with van der Waals surface area (Å²) < 4.78 is 2.12. The number of benzene rings is 1. The Hall–Kier alpha value is -0.890. The fourth-order valence-corrected chi connectivity index (χ4v) is 4.44. The molecule has 7 heteroatoms. The van der Waals surface area contributed by atoms with Crippen LogP contribution in [0.4, 0.5) is 0 Å². The highest BCUT2D eigenvalue weighted by Crippen LogP contribution is 2.37. The van der Waals surface area contributed by atoms with E-state index in [1.54, 1.807) is 11.3 Å². The predicted octanol–water partition coefficient (Wildman–Crippen LogP) is 3.75. The summed E-state index contributed by atoms with van der Waals surface area (Å²) in [7, 11) is 1.93. The number of hydrogen-bond acceptors (Lipinski definition) is 3. The lowest BCUT2D eigenvalue weighted by Crippen LogP contribution is -2.16. The van der Waals surface area contributed by atoms with Gasteiger partial charge < -0.3 is 15.3 Å². The maximum absolute atomic E-state index is 11.3. The van der Waals surface area contributed by atoms with Crippen molar-refractivity contribution in [2.24, 2.45) is 0 Å². The number of imidazole rings is 1. The number of fused-ring (bicyclic) bond motifs is 1. The summed E-state index contributed by atoms with van der Waals surface area (Å²) in [6.07, 6.45) is 0. The molecule has 3 N–H and O–H groups in total. The summed E-state index contributed by atoms with van der Waals surface area (Å²) in [5, 5.41) is 3.31. The third-order valence-electron chi connectivity index (χ3n) is 3.11. The van der Waals surface area contributed by atoms with E-state index in [1.165, 1.54) is 4.88 Å². The van der Waals surface area contributed by atoms with E-state index in [4.69, 9.17) is 0 Å². The summed E-state index contributed by atoms with van der Waals surface area (Å²) in [4.78, 5) is 18.1. The monoisotopic (exact) mass is 415 g/mol. The highest BCUT2D eigenvalue weighted by molar-refractivity contribution is 9.13. The van der Waals surface area contributed by atoms with Crippen LogP contribution in [0.3, 0.4) is 0 Å². The van der Waals surface area contributed by atoms with E-state index in [0.717, 1.165) is 24.9 Å². The largest absolute Gasteiger partial charge is 0.323 e. The molecule has 0 aliphatic carbocycles. The van der Waals surface area contributed by atoms with Crippen LogP contribution in [-0.2, 0) is 0 Å². The van der Waals surface area contributed by atoms with Crippen molar-refractivity contribution < 1.29 is 0 Å². The molecule has 0 amide bonds. The van der Waals surface area contributed by atoms with Gasteiger partial charge in [-0.3, -0.25) is 0 Å². The van der Waals surface area contributed by atoms with Crippen molar-refractivity contribution in [1.82, 2.24) is 15.3 Å². The molecule has 0 bridgehead atoms. The normalized spacial score (nSPS) is 12.9. The van der Waals surface area contributed by atoms with Crippen LogP contribution in [0, 0.1) is 0 Å². The van der Waals surface area contributed by atoms with E-state index < -0.39 is 0 Å². The van der Waals surface area contributed by atoms with Crippen molar-refractivity contribution in [3.8, 4) is 0 Å². The van der Waals surface area contributed by atoms with Gasteiger partial charge in [0.1, 0.15) is 0 Å². The van der Waals surface area contributed by atoms with Crippen LogP contribution in [0.2, 0.25) is 0 Å². The molecule has 3 aromatic rings. The molecule has 0 radical (unpaired) electrons. The van der Waals surface area contributed by atoms with Gasteiger partial charge in [0.15, 0.2) is 0 Å². The number of hydrogen-bond donors (Lipinski definition) is 3. The molecule has 0 saturated carbocycles. The first-order valence-corrected chi connectivity index (χ1v) is 8.32. The lowest BCUT2D eigenvalue weighted by atomic mass is 10.0. The van der Waals surface area contributed by atoms with Crippen molar-refractivity contribution in [2.75, 3.05) is 7.05 Å². The maximum Gasteiger partial charge on any atom is 0.323 e. The van der Waals surface area contributed by atoms with Crippen molar-refractivity contribution in [2.45, 2.75) is 6.04 Å². The van der Waals surface area contributed by atoms with Crippen LogP contribution < -0.4 is 11.0 Å². The Morgan fingerprint density at radius 2 is 1.95 bits per heavy atom. The van der Waals surface area contributed by atoms with Crippen molar-refractivity contribution in [1.29, 1.82) is 0 Å². The number of rotatable bonds is 3. The minimum atomic E-state index is -0.181. The number of H-pyrrole nitrogens is 2. The predicted molar refractivity (Wildman–Crippen MR) is 89.5 cm³/mol. The van der Waals surface area contributed by atoms with Gasteiger partial charge in [-0.25, -0.2) is 4.79 Å². The van der Waals surface area contributed by atoms with E-state index >= 15 is 0 Å². The molecule has 2 heterocycles. The topological polar surface area (TPSA) is 60.7 Å². The first-order valence-electron chi connectivity index (χ1n) is 5.92. The standard InChI is InChI=1S/C13H11Br2N3OS/c1-16-11(10-5-7(14)12(15)20-10)6-2-3-8-9(4-6)18-13(19)17-8/h2-5,11,16H,1H3,(H2,17,18,19). The second kappa shape index (κ2) is 5.48. The summed E-state index contributed by atoms with van der Waals surface area (Å²) in [6, 6.07) is 8.13. The number of halogens is 2. The van der Waals surface area contributed by atoms with Gasteiger partial charge in [-0.2, -0.15) is 0 Å². The number of aromatic nitrogens is 2. The molecular formula is C13H11Br2N3OS. The molecule has 0 fully saturated rings. The molecule has 20 heavy (non-hydrogen) atoms. The Kier molecular flexibility index (Phi) is 3.85. The number of nitrogens with one attached hydrogen (secondary N) is 3. The Morgan fingerprint density at radius 3 is 2.60 bits per heavy atom. The lowest BCUT2D eigenvalue weighted by molar-refractivity contribution is 0.704. The fourth-order valence-electron chi connectivity index (χ4n) is 2.21. The molecular weight excluding hydrogens is 406 g/mol. The van der Waals surface area contributed by atoms with E-state index in [1.807, 2.05) is 25.2 Å². The van der Waals surface area contributed by atoms with Crippen LogP contribution in [0.1, 0.15) is 16.5 Å². The lowest BCUT2D eigenvalue weighted by Gasteiger charge is -2.14. The molecule has 1 atom stereocenters. The fraction of sp³-hybridized carbons (Fsp3) is 0.154. The van der Waals surface area contributed by atoms with Crippen LogP contribution in [-0.4, -0.2) is 17.0 Å². The van der Waals surface area contributed by atoms with E-state index in [9.17, 15) is 4.79 Å². The molecule has 0 aliphatic rings. The zero-order chi connectivity index (χ0) is 14.3. The number of aromatic amines is 2. The SMILES string of the molecule is CNC(c1ccc2[nH]c(=O)[nH]c2c1)c1cc(Br)c(Br)s1. The summed E-state index contributed by atoms with van der Waals surface area (Å²) in [5.74, 6) is 0. The van der Waals surface area contributed by atoms with Gasteiger partial charge in [0.25, 0.3) is 0 Å². The van der Waals surface area contributed by atoms with Gasteiger partial charge in [0.05, 0.1) is 20.9 Å². The molecule has 104 valence electrons. The molecule has 1 aromatic carbocycles. The summed E-state index contributed by atoms with van der Waals surface area (Å²) >= 11 is 8.71. The van der Waals surface area contributed by atoms with Gasteiger partial charge >= 0.3 is 5.69 Å². The molecule has 0 spiro atoms. The molecule has 2 aromatic heterocycles. The Morgan fingerprint density at radius 1 is 1.20 bits per heavy atom. The number of thiophene rings is 1.